The summed E-state index contributed by atoms with van der Waals surface area (Å²) in [6.07, 6.45) is 1.56. The molecule has 0 aliphatic carbocycles. The first-order valence-corrected chi connectivity index (χ1v) is 8.88. The molecule has 2 N–H and O–H groups in total. The van der Waals surface area contributed by atoms with E-state index in [-0.39, 0.29) is 11.7 Å². The maximum atomic E-state index is 13.7. The van der Waals surface area contributed by atoms with E-state index in [2.05, 4.69) is 29.5 Å². The molecule has 3 rings (SSSR count). The van der Waals surface area contributed by atoms with Crippen LogP contribution in [0.4, 0.5) is 15.9 Å². The van der Waals surface area contributed by atoms with Crippen molar-refractivity contribution in [3.63, 3.8) is 0 Å². The Bertz CT molecular complexity index is 940. The lowest BCUT2D eigenvalue weighted by Crippen LogP contribution is -2.14. The van der Waals surface area contributed by atoms with E-state index in [0.29, 0.717) is 29.4 Å². The highest BCUT2D eigenvalue weighted by molar-refractivity contribution is 6.05. The van der Waals surface area contributed by atoms with Gasteiger partial charge in [0, 0.05) is 29.6 Å². The van der Waals surface area contributed by atoms with Gasteiger partial charge in [0.1, 0.15) is 11.6 Å². The monoisotopic (exact) mass is 363 g/mol. The molecule has 0 unspecified atom stereocenters. The van der Waals surface area contributed by atoms with Crippen LogP contribution < -0.4 is 10.6 Å². The molecular formula is C22H22FN3O. The first-order valence-electron chi connectivity index (χ1n) is 8.88. The molecule has 1 heterocycles. The van der Waals surface area contributed by atoms with Crippen LogP contribution in [-0.2, 0) is 6.54 Å². The molecule has 0 radical (unpaired) electrons. The predicted octanol–water partition coefficient (Wildman–Crippen LogP) is 5.21. The number of pyridine rings is 1. The van der Waals surface area contributed by atoms with E-state index < -0.39 is 0 Å². The highest BCUT2D eigenvalue weighted by Crippen LogP contribution is 2.24. The number of carbonyl (C=O) groups excluding carboxylic acids is 1. The Morgan fingerprint density at radius 2 is 1.81 bits per heavy atom. The summed E-state index contributed by atoms with van der Waals surface area (Å²) in [5.74, 6) is 0.337. The molecule has 0 saturated carbocycles. The number of amides is 1. The topological polar surface area (TPSA) is 54.0 Å². The summed E-state index contributed by atoms with van der Waals surface area (Å²) < 4.78 is 13.7. The molecule has 0 bridgehead atoms. The number of benzene rings is 2. The summed E-state index contributed by atoms with van der Waals surface area (Å²) in [4.78, 5) is 16.8. The normalized spacial score (nSPS) is 10.7. The van der Waals surface area contributed by atoms with Gasteiger partial charge in [0.2, 0.25) is 0 Å². The molecule has 2 aromatic carbocycles. The Hall–Kier alpha value is -3.21. The molecule has 0 aliphatic rings. The van der Waals surface area contributed by atoms with Gasteiger partial charge >= 0.3 is 0 Å². The molecule has 4 nitrogen and oxygen atoms in total. The van der Waals surface area contributed by atoms with Crippen molar-refractivity contribution in [1.82, 2.24) is 4.98 Å². The average molecular weight is 363 g/mol. The van der Waals surface area contributed by atoms with E-state index in [9.17, 15) is 9.18 Å². The second-order valence-electron chi connectivity index (χ2n) is 6.57. The standard InChI is InChI=1S/C22H22FN3O/c1-15(2)18-8-4-6-10-20(18)26-22(27)16-11-12-24-21(13-16)25-14-17-7-3-5-9-19(17)23/h3-13,15H,14H2,1-2H3,(H,24,25)(H,26,27). The van der Waals surface area contributed by atoms with Crippen molar-refractivity contribution in [1.29, 1.82) is 0 Å². The fourth-order valence-corrected chi connectivity index (χ4v) is 2.80. The number of carbonyl (C=O) groups is 1. The van der Waals surface area contributed by atoms with Crippen LogP contribution in [0.25, 0.3) is 0 Å². The van der Waals surface area contributed by atoms with E-state index >= 15 is 0 Å². The smallest absolute Gasteiger partial charge is 0.255 e. The fraction of sp³-hybridized carbons (Fsp3) is 0.182. The molecule has 138 valence electrons. The van der Waals surface area contributed by atoms with Gasteiger partial charge in [-0.05, 0) is 35.7 Å². The van der Waals surface area contributed by atoms with Crippen molar-refractivity contribution >= 4 is 17.4 Å². The van der Waals surface area contributed by atoms with E-state index in [1.165, 1.54) is 6.07 Å². The fourth-order valence-electron chi connectivity index (χ4n) is 2.80. The zero-order valence-corrected chi connectivity index (χ0v) is 15.4. The molecule has 0 atom stereocenters. The third-order valence-corrected chi connectivity index (χ3v) is 4.27. The second-order valence-corrected chi connectivity index (χ2v) is 6.57. The quantitative estimate of drug-likeness (QED) is 0.632. The molecule has 1 amide bonds. The van der Waals surface area contributed by atoms with Crippen molar-refractivity contribution in [2.75, 3.05) is 10.6 Å². The number of hydrogen-bond acceptors (Lipinski definition) is 3. The minimum atomic E-state index is -0.274. The van der Waals surface area contributed by atoms with E-state index in [0.717, 1.165) is 11.3 Å². The molecule has 0 fully saturated rings. The second kappa shape index (κ2) is 8.45. The van der Waals surface area contributed by atoms with Crippen molar-refractivity contribution < 1.29 is 9.18 Å². The molecule has 5 heteroatoms. The predicted molar refractivity (Wildman–Crippen MR) is 106 cm³/mol. The number of anilines is 2. The Labute approximate surface area is 158 Å². The van der Waals surface area contributed by atoms with Crippen LogP contribution >= 0.6 is 0 Å². The van der Waals surface area contributed by atoms with Crippen LogP contribution in [0.15, 0.2) is 66.9 Å². The van der Waals surface area contributed by atoms with E-state index in [1.807, 2.05) is 24.3 Å². The summed E-state index contributed by atoms with van der Waals surface area (Å²) >= 11 is 0. The number of nitrogens with one attached hydrogen (secondary N) is 2. The van der Waals surface area contributed by atoms with E-state index in [4.69, 9.17) is 0 Å². The van der Waals surface area contributed by atoms with Crippen LogP contribution in [-0.4, -0.2) is 10.9 Å². The number of aromatic nitrogens is 1. The van der Waals surface area contributed by atoms with Gasteiger partial charge in [0.25, 0.3) is 5.91 Å². The van der Waals surface area contributed by atoms with Crippen molar-refractivity contribution in [2.45, 2.75) is 26.3 Å². The van der Waals surface area contributed by atoms with Gasteiger partial charge in [-0.15, -0.1) is 0 Å². The lowest BCUT2D eigenvalue weighted by atomic mass is 10.0. The van der Waals surface area contributed by atoms with Crippen LogP contribution in [0.1, 0.15) is 41.3 Å². The first-order chi connectivity index (χ1) is 13.0. The zero-order valence-electron chi connectivity index (χ0n) is 15.4. The number of hydrogen-bond donors (Lipinski definition) is 2. The van der Waals surface area contributed by atoms with Crippen LogP contribution in [0.5, 0.6) is 0 Å². The SMILES string of the molecule is CC(C)c1ccccc1NC(=O)c1ccnc(NCc2ccccc2F)c1. The number of halogens is 1. The molecule has 0 spiro atoms. The van der Waals surface area contributed by atoms with Gasteiger partial charge in [-0.25, -0.2) is 9.37 Å². The third-order valence-electron chi connectivity index (χ3n) is 4.27. The Morgan fingerprint density at radius 1 is 1.07 bits per heavy atom. The third kappa shape index (κ3) is 4.70. The minimum absolute atomic E-state index is 0.209. The lowest BCUT2D eigenvalue weighted by Gasteiger charge is -2.14. The maximum Gasteiger partial charge on any atom is 0.255 e. The number of nitrogens with zero attached hydrogens (tertiary/aromatic N) is 1. The summed E-state index contributed by atoms with van der Waals surface area (Å²) in [5, 5.41) is 6.02. The Balaban J connectivity index is 1.72. The Morgan fingerprint density at radius 3 is 2.59 bits per heavy atom. The minimum Gasteiger partial charge on any atom is -0.366 e. The van der Waals surface area contributed by atoms with Gasteiger partial charge in [-0.3, -0.25) is 4.79 Å². The Kier molecular flexibility index (Phi) is 5.81. The van der Waals surface area contributed by atoms with Gasteiger partial charge in [0.05, 0.1) is 0 Å². The van der Waals surface area contributed by atoms with Gasteiger partial charge in [-0.1, -0.05) is 50.2 Å². The van der Waals surface area contributed by atoms with Gasteiger partial charge in [0.15, 0.2) is 0 Å². The summed E-state index contributed by atoms with van der Waals surface area (Å²) in [6, 6.07) is 17.6. The summed E-state index contributed by atoms with van der Waals surface area (Å²) in [5.41, 5.74) is 2.91. The van der Waals surface area contributed by atoms with Crippen LogP contribution in [0, 0.1) is 5.82 Å². The van der Waals surface area contributed by atoms with Gasteiger partial charge < -0.3 is 10.6 Å². The van der Waals surface area contributed by atoms with Crippen molar-refractivity contribution in [3.8, 4) is 0 Å². The molecule has 27 heavy (non-hydrogen) atoms. The van der Waals surface area contributed by atoms with Crippen molar-refractivity contribution in [3.05, 3.63) is 89.4 Å². The molecule has 0 saturated heterocycles. The van der Waals surface area contributed by atoms with Crippen LogP contribution in [0.2, 0.25) is 0 Å². The first kappa shape index (κ1) is 18.6. The number of para-hydroxylation sites is 1. The lowest BCUT2D eigenvalue weighted by molar-refractivity contribution is 0.102. The molecule has 1 aromatic heterocycles. The maximum absolute atomic E-state index is 13.7. The van der Waals surface area contributed by atoms with Gasteiger partial charge in [-0.2, -0.15) is 0 Å². The van der Waals surface area contributed by atoms with Crippen molar-refractivity contribution in [2.24, 2.45) is 0 Å². The largest absolute Gasteiger partial charge is 0.366 e. The number of rotatable bonds is 6. The summed E-state index contributed by atoms with van der Waals surface area (Å²) in [6.45, 7) is 4.46. The van der Waals surface area contributed by atoms with Crippen LogP contribution in [0.3, 0.4) is 0 Å². The zero-order chi connectivity index (χ0) is 19.2. The molecular weight excluding hydrogens is 341 g/mol. The summed E-state index contributed by atoms with van der Waals surface area (Å²) in [7, 11) is 0. The highest BCUT2D eigenvalue weighted by Gasteiger charge is 2.12. The highest BCUT2D eigenvalue weighted by atomic mass is 19.1. The molecule has 0 aliphatic heterocycles. The molecule has 3 aromatic rings. The average Bonchev–Trinajstić information content (AvgIpc) is 2.68. The van der Waals surface area contributed by atoms with E-state index in [1.54, 1.807) is 36.5 Å².